The van der Waals surface area contributed by atoms with E-state index >= 15 is 0 Å². The molecule has 0 aliphatic carbocycles. The molecule has 0 saturated carbocycles. The quantitative estimate of drug-likeness (QED) is 0.254. The Morgan fingerprint density at radius 3 is 2.37 bits per heavy atom. The van der Waals surface area contributed by atoms with Gasteiger partial charge in [-0.05, 0) is 62.0 Å². The van der Waals surface area contributed by atoms with Crippen molar-refractivity contribution in [3.05, 3.63) is 66.0 Å². The molecule has 3 heterocycles. The van der Waals surface area contributed by atoms with E-state index in [2.05, 4.69) is 29.9 Å². The number of nitrogens with one attached hydrogen (secondary N) is 1. The van der Waals surface area contributed by atoms with Crippen LogP contribution in [0.4, 0.5) is 14.7 Å². The zero-order chi connectivity index (χ0) is 27.2. The molecule has 2 atom stereocenters. The van der Waals surface area contributed by atoms with Crippen LogP contribution in [0.15, 0.2) is 49.1 Å². The molecule has 0 aliphatic rings. The molecule has 0 fully saturated rings. The molecule has 0 aliphatic heterocycles. The molecule has 4 aromatic rings. The summed E-state index contributed by atoms with van der Waals surface area (Å²) in [5.41, 5.74) is 2.66. The van der Waals surface area contributed by atoms with Crippen molar-refractivity contribution in [1.29, 1.82) is 0 Å². The van der Waals surface area contributed by atoms with Crippen LogP contribution < -0.4 is 14.2 Å². The fourth-order valence-electron chi connectivity index (χ4n) is 3.77. The number of nitrogens with zero attached hydrogens (tertiary/aromatic N) is 6. The number of anilines is 1. The first-order valence-corrected chi connectivity index (χ1v) is 12.4. The molecule has 0 bridgehead atoms. The van der Waals surface area contributed by atoms with Crippen LogP contribution in [0, 0.1) is 13.8 Å². The minimum absolute atomic E-state index is 0.107. The van der Waals surface area contributed by atoms with Crippen LogP contribution in [-0.4, -0.2) is 55.8 Å². The van der Waals surface area contributed by atoms with E-state index in [0.717, 1.165) is 11.1 Å². The van der Waals surface area contributed by atoms with Gasteiger partial charge in [-0.1, -0.05) is 6.07 Å². The maximum Gasteiger partial charge on any atom is 0.387 e. The molecule has 13 heteroatoms. The van der Waals surface area contributed by atoms with Crippen molar-refractivity contribution in [3.63, 3.8) is 0 Å². The number of methoxy groups -OCH3 is 2. The standard InChI is InChI=1S/C25H27F2N7O3S/c1-14-9-17(13-28-10-14)23-31-32-25(33-38-16(3)21(36-5)22-29-11-15(2)12-30-22)34(23)20-18(35-4)7-6-8-19(20)37-24(26)27/h6-13,16,21,24H,1-5H3,(H,32,33). The Morgan fingerprint density at radius 1 is 0.974 bits per heavy atom. The maximum absolute atomic E-state index is 13.4. The van der Waals surface area contributed by atoms with E-state index in [-0.39, 0.29) is 28.4 Å². The lowest BCUT2D eigenvalue weighted by Gasteiger charge is -2.22. The van der Waals surface area contributed by atoms with Gasteiger partial charge in [0, 0.05) is 37.5 Å². The van der Waals surface area contributed by atoms with Crippen LogP contribution in [0.25, 0.3) is 17.1 Å². The first-order chi connectivity index (χ1) is 18.3. The highest BCUT2D eigenvalue weighted by atomic mass is 32.2. The van der Waals surface area contributed by atoms with Crippen molar-refractivity contribution < 1.29 is 23.0 Å². The van der Waals surface area contributed by atoms with E-state index < -0.39 is 12.7 Å². The summed E-state index contributed by atoms with van der Waals surface area (Å²) in [4.78, 5) is 13.0. The lowest BCUT2D eigenvalue weighted by molar-refractivity contribution is -0.0499. The third kappa shape index (κ3) is 6.00. The van der Waals surface area contributed by atoms with Gasteiger partial charge in [0.2, 0.25) is 5.95 Å². The van der Waals surface area contributed by atoms with E-state index in [4.69, 9.17) is 14.2 Å². The van der Waals surface area contributed by atoms with Gasteiger partial charge in [-0.25, -0.2) is 9.97 Å². The Hall–Kier alpha value is -3.84. The summed E-state index contributed by atoms with van der Waals surface area (Å²) in [6, 6.07) is 6.50. The second-order valence-electron chi connectivity index (χ2n) is 8.32. The van der Waals surface area contributed by atoms with Crippen molar-refractivity contribution in [2.45, 2.75) is 38.7 Å². The summed E-state index contributed by atoms with van der Waals surface area (Å²) >= 11 is 1.29. The van der Waals surface area contributed by atoms with Crippen LogP contribution in [0.3, 0.4) is 0 Å². The molecule has 0 radical (unpaired) electrons. The predicted octanol–water partition coefficient (Wildman–Crippen LogP) is 5.18. The number of halogens is 2. The summed E-state index contributed by atoms with van der Waals surface area (Å²) in [7, 11) is 3.02. The number of para-hydroxylation sites is 1. The van der Waals surface area contributed by atoms with Crippen molar-refractivity contribution in [2.24, 2.45) is 0 Å². The summed E-state index contributed by atoms with van der Waals surface area (Å²) < 4.78 is 47.5. The minimum Gasteiger partial charge on any atom is -0.494 e. The molecule has 10 nitrogen and oxygen atoms in total. The van der Waals surface area contributed by atoms with Crippen molar-refractivity contribution in [3.8, 4) is 28.6 Å². The number of hydrogen-bond acceptors (Lipinski definition) is 10. The smallest absolute Gasteiger partial charge is 0.387 e. The summed E-state index contributed by atoms with van der Waals surface area (Å²) in [5.74, 6) is 1.32. The molecule has 200 valence electrons. The average Bonchev–Trinajstić information content (AvgIpc) is 3.32. The number of alkyl halides is 2. The van der Waals surface area contributed by atoms with E-state index in [1.807, 2.05) is 26.8 Å². The molecule has 3 aromatic heterocycles. The lowest BCUT2D eigenvalue weighted by Crippen LogP contribution is -2.19. The van der Waals surface area contributed by atoms with Gasteiger partial charge in [0.05, 0.1) is 12.4 Å². The van der Waals surface area contributed by atoms with Gasteiger partial charge in [0.25, 0.3) is 0 Å². The van der Waals surface area contributed by atoms with Gasteiger partial charge in [-0.3, -0.25) is 14.3 Å². The number of pyridine rings is 1. The first-order valence-electron chi connectivity index (χ1n) is 11.5. The molecule has 0 amide bonds. The van der Waals surface area contributed by atoms with Crippen molar-refractivity contribution >= 4 is 17.9 Å². The van der Waals surface area contributed by atoms with Crippen molar-refractivity contribution in [1.82, 2.24) is 29.7 Å². The first kappa shape index (κ1) is 27.2. The van der Waals surface area contributed by atoms with Crippen LogP contribution in [0.2, 0.25) is 0 Å². The fraction of sp³-hybridized carbons (Fsp3) is 0.320. The van der Waals surface area contributed by atoms with E-state index in [9.17, 15) is 8.78 Å². The van der Waals surface area contributed by atoms with E-state index in [0.29, 0.717) is 17.2 Å². The summed E-state index contributed by atoms with van der Waals surface area (Å²) in [6.07, 6.45) is 6.34. The third-order valence-corrected chi connectivity index (χ3v) is 6.41. The van der Waals surface area contributed by atoms with Crippen LogP contribution >= 0.6 is 11.9 Å². The molecule has 2 unspecified atom stereocenters. The maximum atomic E-state index is 13.4. The Morgan fingerprint density at radius 2 is 1.71 bits per heavy atom. The number of benzene rings is 1. The number of hydrogen-bond donors (Lipinski definition) is 1. The van der Waals surface area contributed by atoms with Crippen molar-refractivity contribution in [2.75, 3.05) is 18.9 Å². The second kappa shape index (κ2) is 12.1. The minimum atomic E-state index is -3.05. The van der Waals surface area contributed by atoms with Crippen LogP contribution in [0.1, 0.15) is 30.0 Å². The Kier molecular flexibility index (Phi) is 8.69. The Bertz CT molecular complexity index is 1370. The van der Waals surface area contributed by atoms with Gasteiger partial charge >= 0.3 is 6.61 Å². The monoisotopic (exact) mass is 543 g/mol. The van der Waals surface area contributed by atoms with Gasteiger partial charge < -0.3 is 14.2 Å². The molecule has 4 rings (SSSR count). The summed E-state index contributed by atoms with van der Waals surface area (Å²) in [5, 5.41) is 8.48. The highest BCUT2D eigenvalue weighted by Gasteiger charge is 2.27. The van der Waals surface area contributed by atoms with Gasteiger partial charge in [0.1, 0.15) is 17.5 Å². The summed E-state index contributed by atoms with van der Waals surface area (Å²) in [6.45, 7) is 2.68. The predicted molar refractivity (Wildman–Crippen MR) is 140 cm³/mol. The van der Waals surface area contributed by atoms with E-state index in [1.54, 1.807) is 48.6 Å². The zero-order valence-electron chi connectivity index (χ0n) is 21.4. The number of aryl methyl sites for hydroxylation is 2. The zero-order valence-corrected chi connectivity index (χ0v) is 22.2. The molecular weight excluding hydrogens is 516 g/mol. The normalized spacial score (nSPS) is 12.8. The largest absolute Gasteiger partial charge is 0.494 e. The third-order valence-electron chi connectivity index (χ3n) is 5.49. The average molecular weight is 544 g/mol. The van der Waals surface area contributed by atoms with Crippen LogP contribution in [-0.2, 0) is 4.74 Å². The van der Waals surface area contributed by atoms with Crippen LogP contribution in [0.5, 0.6) is 11.5 Å². The second-order valence-corrected chi connectivity index (χ2v) is 9.50. The van der Waals surface area contributed by atoms with Gasteiger partial charge in [-0.15, -0.1) is 10.2 Å². The molecule has 1 N–H and O–H groups in total. The molecule has 38 heavy (non-hydrogen) atoms. The van der Waals surface area contributed by atoms with E-state index in [1.165, 1.54) is 25.1 Å². The molecule has 0 spiro atoms. The fourth-order valence-corrected chi connectivity index (χ4v) is 4.55. The SMILES string of the molecule is COc1cccc(OC(F)F)c1-n1c(NSC(C)C(OC)c2ncc(C)cn2)nnc1-c1cncc(C)c1. The number of rotatable bonds is 11. The Balaban J connectivity index is 1.76. The highest BCUT2D eigenvalue weighted by molar-refractivity contribution is 8.01. The lowest BCUT2D eigenvalue weighted by atomic mass is 10.2. The topological polar surface area (TPSA) is 109 Å². The van der Waals surface area contributed by atoms with Gasteiger partial charge in [-0.2, -0.15) is 8.78 Å². The number of aromatic nitrogens is 6. The molecule has 1 aromatic carbocycles. The highest BCUT2D eigenvalue weighted by Crippen LogP contribution is 2.39. The Labute approximate surface area is 222 Å². The number of ether oxygens (including phenoxy) is 3. The molecule has 0 saturated heterocycles. The molecular formula is C25H27F2N7O3S. The van der Waals surface area contributed by atoms with Gasteiger partial charge in [0.15, 0.2) is 17.4 Å².